The fourth-order valence-electron chi connectivity index (χ4n) is 4.79. The van der Waals surface area contributed by atoms with Crippen LogP contribution in [0.3, 0.4) is 0 Å². The second-order valence-corrected chi connectivity index (χ2v) is 8.88. The molecule has 0 spiro atoms. The van der Waals surface area contributed by atoms with Crippen molar-refractivity contribution in [2.45, 2.75) is 19.4 Å². The first-order valence-electron chi connectivity index (χ1n) is 12.0. The molecule has 0 bridgehead atoms. The average Bonchev–Trinajstić information content (AvgIpc) is 3.57. The number of allylic oxidation sites excluding steroid dienone is 1. The van der Waals surface area contributed by atoms with E-state index in [0.717, 1.165) is 56.8 Å². The molecule has 0 N–H and O–H groups in total. The van der Waals surface area contributed by atoms with Crippen molar-refractivity contribution in [3.8, 4) is 11.5 Å². The molecule has 0 saturated heterocycles. The summed E-state index contributed by atoms with van der Waals surface area (Å²) in [6, 6.07) is 20.3. The van der Waals surface area contributed by atoms with Gasteiger partial charge in [0.2, 0.25) is 6.79 Å². The first-order chi connectivity index (χ1) is 18.1. The van der Waals surface area contributed by atoms with E-state index in [4.69, 9.17) is 23.9 Å². The predicted molar refractivity (Wildman–Crippen MR) is 137 cm³/mol. The molecule has 1 aliphatic heterocycles. The van der Waals surface area contributed by atoms with E-state index in [2.05, 4.69) is 6.08 Å². The third-order valence-electron chi connectivity index (χ3n) is 6.63. The number of pyridine rings is 1. The van der Waals surface area contributed by atoms with E-state index in [0.29, 0.717) is 17.5 Å². The molecule has 7 nitrogen and oxygen atoms in total. The van der Waals surface area contributed by atoms with Gasteiger partial charge in [0.25, 0.3) is 0 Å². The summed E-state index contributed by atoms with van der Waals surface area (Å²) in [5.74, 6) is 0.661. The van der Waals surface area contributed by atoms with E-state index >= 15 is 0 Å². The quantitative estimate of drug-likeness (QED) is 0.335. The highest BCUT2D eigenvalue weighted by molar-refractivity contribution is 6.07. The highest BCUT2D eigenvalue weighted by Gasteiger charge is 2.28. The molecule has 7 heteroatoms. The number of hydrogen-bond donors (Lipinski definition) is 0. The molecule has 2 aliphatic rings. The summed E-state index contributed by atoms with van der Waals surface area (Å²) in [6.07, 6.45) is 3.55. The zero-order chi connectivity index (χ0) is 25.4. The maximum atomic E-state index is 13.4. The van der Waals surface area contributed by atoms with E-state index < -0.39 is 11.9 Å². The molecule has 0 saturated carbocycles. The van der Waals surface area contributed by atoms with Crippen LogP contribution in [-0.4, -0.2) is 30.8 Å². The maximum Gasteiger partial charge on any atom is 0.339 e. The molecule has 184 valence electrons. The Morgan fingerprint density at radius 3 is 2.59 bits per heavy atom. The van der Waals surface area contributed by atoms with E-state index in [1.807, 2.05) is 42.5 Å². The lowest BCUT2D eigenvalue weighted by Crippen LogP contribution is -2.10. The Labute approximate surface area is 213 Å². The number of ether oxygens (including phenoxy) is 4. The van der Waals surface area contributed by atoms with Gasteiger partial charge in [-0.2, -0.15) is 0 Å². The van der Waals surface area contributed by atoms with Crippen molar-refractivity contribution in [3.05, 3.63) is 100 Å². The van der Waals surface area contributed by atoms with Crippen molar-refractivity contribution in [1.82, 2.24) is 4.98 Å². The SMILES string of the molecule is COC(=O)c1ccc(COC(=O)c2c3c(nc4ccccc24)C(=Cc2ccc4c(c2)OCO4)CC3)cc1. The van der Waals surface area contributed by atoms with Crippen LogP contribution in [0.15, 0.2) is 66.7 Å². The molecule has 0 atom stereocenters. The minimum absolute atomic E-state index is 0.0889. The molecule has 0 unspecified atom stereocenters. The predicted octanol–water partition coefficient (Wildman–Crippen LogP) is 5.59. The minimum Gasteiger partial charge on any atom is -0.465 e. The zero-order valence-electron chi connectivity index (χ0n) is 20.2. The second-order valence-electron chi connectivity index (χ2n) is 8.88. The Hall–Kier alpha value is -4.65. The maximum absolute atomic E-state index is 13.4. The number of aromatic nitrogens is 1. The second kappa shape index (κ2) is 9.43. The Bertz CT molecular complexity index is 1570. The van der Waals surface area contributed by atoms with Crippen LogP contribution in [0.4, 0.5) is 0 Å². The smallest absolute Gasteiger partial charge is 0.339 e. The monoisotopic (exact) mass is 493 g/mol. The summed E-state index contributed by atoms with van der Waals surface area (Å²) in [5.41, 5.74) is 6.29. The van der Waals surface area contributed by atoms with Crippen molar-refractivity contribution >= 4 is 34.5 Å². The Balaban J connectivity index is 1.32. The number of esters is 2. The van der Waals surface area contributed by atoms with Gasteiger partial charge in [-0.3, -0.25) is 0 Å². The molecule has 4 aromatic rings. The van der Waals surface area contributed by atoms with E-state index in [1.165, 1.54) is 7.11 Å². The van der Waals surface area contributed by atoms with E-state index in [9.17, 15) is 9.59 Å². The summed E-state index contributed by atoms with van der Waals surface area (Å²) in [5, 5.41) is 0.775. The van der Waals surface area contributed by atoms with Gasteiger partial charge in [-0.1, -0.05) is 36.4 Å². The third-order valence-corrected chi connectivity index (χ3v) is 6.63. The van der Waals surface area contributed by atoms with E-state index in [1.54, 1.807) is 24.3 Å². The standard InChI is InChI=1S/C30H23NO6/c1-34-29(32)20-9-6-18(7-10-20)16-35-30(33)27-22-4-2-3-5-24(22)31-28-21(11-12-23(27)28)14-19-8-13-25-26(15-19)37-17-36-25/h2-10,13-15H,11-12,16-17H2,1H3. The van der Waals surface area contributed by atoms with Crippen LogP contribution >= 0.6 is 0 Å². The fraction of sp³-hybridized carbons (Fsp3) is 0.167. The molecule has 37 heavy (non-hydrogen) atoms. The number of hydrogen-bond acceptors (Lipinski definition) is 7. The number of benzene rings is 3. The number of methoxy groups -OCH3 is 1. The fourth-order valence-corrected chi connectivity index (χ4v) is 4.79. The molecule has 0 radical (unpaired) electrons. The molecule has 3 aromatic carbocycles. The summed E-state index contributed by atoms with van der Waals surface area (Å²) in [7, 11) is 1.34. The van der Waals surface area contributed by atoms with Gasteiger partial charge in [0.05, 0.1) is 29.4 Å². The highest BCUT2D eigenvalue weighted by atomic mass is 16.7. The number of carbonyl (C=O) groups is 2. The Morgan fingerprint density at radius 2 is 1.76 bits per heavy atom. The van der Waals surface area contributed by atoms with Crippen molar-refractivity contribution in [1.29, 1.82) is 0 Å². The van der Waals surface area contributed by atoms with Gasteiger partial charge in [0.15, 0.2) is 11.5 Å². The zero-order valence-corrected chi connectivity index (χ0v) is 20.2. The average molecular weight is 494 g/mol. The van der Waals surface area contributed by atoms with Crippen molar-refractivity contribution in [2.24, 2.45) is 0 Å². The lowest BCUT2D eigenvalue weighted by Gasteiger charge is -2.13. The molecular formula is C30H23NO6. The highest BCUT2D eigenvalue weighted by Crippen LogP contribution is 2.39. The lowest BCUT2D eigenvalue weighted by atomic mass is 10.0. The number of nitrogens with zero attached hydrogens (tertiary/aromatic N) is 1. The van der Waals surface area contributed by atoms with Gasteiger partial charge in [0.1, 0.15) is 6.61 Å². The summed E-state index contributed by atoms with van der Waals surface area (Å²) in [6.45, 7) is 0.318. The van der Waals surface area contributed by atoms with Gasteiger partial charge in [-0.15, -0.1) is 0 Å². The van der Waals surface area contributed by atoms with Gasteiger partial charge in [-0.05, 0) is 71.5 Å². The molecule has 1 aliphatic carbocycles. The molecule has 0 amide bonds. The number of carbonyl (C=O) groups excluding carboxylic acids is 2. The van der Waals surface area contributed by atoms with Gasteiger partial charge in [-0.25, -0.2) is 14.6 Å². The minimum atomic E-state index is -0.410. The molecule has 2 heterocycles. The normalized spacial score (nSPS) is 14.6. The third kappa shape index (κ3) is 4.29. The molecule has 1 aromatic heterocycles. The van der Waals surface area contributed by atoms with Crippen molar-refractivity contribution in [3.63, 3.8) is 0 Å². The van der Waals surface area contributed by atoms with Crippen LogP contribution in [-0.2, 0) is 22.5 Å². The molecule has 0 fully saturated rings. The van der Waals surface area contributed by atoms with Crippen LogP contribution in [0.1, 0.15) is 49.5 Å². The summed E-state index contributed by atoms with van der Waals surface area (Å²) < 4.78 is 21.4. The van der Waals surface area contributed by atoms with Crippen LogP contribution < -0.4 is 9.47 Å². The van der Waals surface area contributed by atoms with Gasteiger partial charge in [0, 0.05) is 5.39 Å². The largest absolute Gasteiger partial charge is 0.465 e. The van der Waals surface area contributed by atoms with Crippen molar-refractivity contribution in [2.75, 3.05) is 13.9 Å². The van der Waals surface area contributed by atoms with Gasteiger partial charge >= 0.3 is 11.9 Å². The molecular weight excluding hydrogens is 470 g/mol. The Morgan fingerprint density at radius 1 is 0.946 bits per heavy atom. The van der Waals surface area contributed by atoms with Gasteiger partial charge < -0.3 is 18.9 Å². The van der Waals surface area contributed by atoms with Crippen LogP contribution in [0, 0.1) is 0 Å². The lowest BCUT2D eigenvalue weighted by molar-refractivity contribution is 0.0472. The first kappa shape index (κ1) is 22.8. The summed E-state index contributed by atoms with van der Waals surface area (Å²) in [4.78, 5) is 30.0. The number of para-hydroxylation sites is 1. The molecule has 6 rings (SSSR count). The first-order valence-corrected chi connectivity index (χ1v) is 12.0. The Kier molecular flexibility index (Phi) is 5.81. The van der Waals surface area contributed by atoms with Crippen molar-refractivity contribution < 1.29 is 28.5 Å². The van der Waals surface area contributed by atoms with Crippen LogP contribution in [0.5, 0.6) is 11.5 Å². The van der Waals surface area contributed by atoms with E-state index in [-0.39, 0.29) is 13.4 Å². The topological polar surface area (TPSA) is 84.0 Å². The van der Waals surface area contributed by atoms with Crippen LogP contribution in [0.2, 0.25) is 0 Å². The number of rotatable bonds is 5. The number of fused-ring (bicyclic) bond motifs is 3. The summed E-state index contributed by atoms with van der Waals surface area (Å²) >= 11 is 0. The van der Waals surface area contributed by atoms with Crippen LogP contribution in [0.25, 0.3) is 22.6 Å².